The maximum atomic E-state index is 12.1. The van der Waals surface area contributed by atoms with Gasteiger partial charge < -0.3 is 10.3 Å². The van der Waals surface area contributed by atoms with Crippen LogP contribution in [-0.4, -0.2) is 9.97 Å². The van der Waals surface area contributed by atoms with Crippen molar-refractivity contribution in [3.8, 4) is 0 Å². The van der Waals surface area contributed by atoms with Gasteiger partial charge in [0.2, 0.25) is 0 Å². The Morgan fingerprint density at radius 1 is 1.17 bits per heavy atom. The van der Waals surface area contributed by atoms with E-state index in [0.717, 1.165) is 5.56 Å². The minimum absolute atomic E-state index is 0.0778. The minimum atomic E-state index is -0.168. The molecule has 0 radical (unpaired) electrons. The lowest BCUT2D eigenvalue weighted by molar-refractivity contribution is 0.559. The van der Waals surface area contributed by atoms with Gasteiger partial charge in [-0.15, -0.1) is 0 Å². The Morgan fingerprint density at radius 2 is 1.96 bits per heavy atom. The van der Waals surface area contributed by atoms with Crippen molar-refractivity contribution >= 4 is 34.1 Å². The predicted octanol–water partition coefficient (Wildman–Crippen LogP) is 4.08. The quantitative estimate of drug-likeness (QED) is 0.747. The molecule has 1 atom stereocenters. The molecule has 4 nitrogen and oxygen atoms in total. The van der Waals surface area contributed by atoms with Crippen molar-refractivity contribution in [2.75, 3.05) is 0 Å². The average Bonchev–Trinajstić information content (AvgIpc) is 2.52. The first kappa shape index (κ1) is 16.0. The number of nitrogens with zero attached hydrogens (tertiary/aromatic N) is 1. The van der Waals surface area contributed by atoms with Crippen LogP contribution in [0.25, 0.3) is 10.9 Å². The predicted molar refractivity (Wildman–Crippen MR) is 94.1 cm³/mol. The highest BCUT2D eigenvalue weighted by Crippen LogP contribution is 2.18. The van der Waals surface area contributed by atoms with E-state index in [9.17, 15) is 4.79 Å². The average molecular weight is 348 g/mol. The molecular formula is C17H15Cl2N3O. The fourth-order valence-corrected chi connectivity index (χ4v) is 2.75. The summed E-state index contributed by atoms with van der Waals surface area (Å²) in [5.74, 6) is 0.568. The van der Waals surface area contributed by atoms with E-state index in [-0.39, 0.29) is 11.6 Å². The molecule has 1 heterocycles. The van der Waals surface area contributed by atoms with Crippen molar-refractivity contribution in [3.05, 3.63) is 74.3 Å². The van der Waals surface area contributed by atoms with Gasteiger partial charge in [0.05, 0.1) is 17.4 Å². The van der Waals surface area contributed by atoms with E-state index in [1.165, 1.54) is 0 Å². The molecule has 2 aromatic carbocycles. The van der Waals surface area contributed by atoms with Crippen LogP contribution in [0.4, 0.5) is 0 Å². The Bertz CT molecular complexity index is 908. The van der Waals surface area contributed by atoms with Crippen LogP contribution in [0.15, 0.2) is 47.3 Å². The second-order valence-corrected chi connectivity index (χ2v) is 6.20. The number of aromatic nitrogens is 2. The van der Waals surface area contributed by atoms with Gasteiger partial charge in [-0.1, -0.05) is 35.3 Å². The summed E-state index contributed by atoms with van der Waals surface area (Å²) in [5.41, 5.74) is 1.50. The van der Waals surface area contributed by atoms with Gasteiger partial charge >= 0.3 is 0 Å². The number of H-pyrrole nitrogens is 1. The van der Waals surface area contributed by atoms with Crippen molar-refractivity contribution < 1.29 is 0 Å². The molecule has 0 aliphatic carbocycles. The van der Waals surface area contributed by atoms with E-state index < -0.39 is 0 Å². The first-order chi connectivity index (χ1) is 11.0. The van der Waals surface area contributed by atoms with Crippen LogP contribution in [0.3, 0.4) is 0 Å². The number of hydrogen-bond acceptors (Lipinski definition) is 3. The molecule has 0 fully saturated rings. The molecule has 3 rings (SSSR count). The fraction of sp³-hybridized carbons (Fsp3) is 0.176. The molecule has 2 N–H and O–H groups in total. The van der Waals surface area contributed by atoms with E-state index in [2.05, 4.69) is 15.3 Å². The van der Waals surface area contributed by atoms with Crippen LogP contribution < -0.4 is 10.9 Å². The van der Waals surface area contributed by atoms with Gasteiger partial charge in [-0.25, -0.2) is 4.98 Å². The zero-order valence-corrected chi connectivity index (χ0v) is 13.9. The third-order valence-electron chi connectivity index (χ3n) is 3.64. The summed E-state index contributed by atoms with van der Waals surface area (Å²) in [6.07, 6.45) is 0. The number of halogens is 2. The van der Waals surface area contributed by atoms with Gasteiger partial charge in [0.1, 0.15) is 5.82 Å². The summed E-state index contributed by atoms with van der Waals surface area (Å²) in [6, 6.07) is 12.8. The van der Waals surface area contributed by atoms with Crippen LogP contribution in [0.5, 0.6) is 0 Å². The van der Waals surface area contributed by atoms with Crippen molar-refractivity contribution in [3.63, 3.8) is 0 Å². The Labute approximate surface area is 143 Å². The summed E-state index contributed by atoms with van der Waals surface area (Å²) in [4.78, 5) is 19.3. The number of hydrogen-bond donors (Lipinski definition) is 2. The lowest BCUT2D eigenvalue weighted by atomic mass is 10.1. The minimum Gasteiger partial charge on any atom is -0.309 e. The zero-order valence-electron chi connectivity index (χ0n) is 12.4. The molecule has 118 valence electrons. The van der Waals surface area contributed by atoms with Crippen molar-refractivity contribution in [2.45, 2.75) is 19.5 Å². The molecule has 23 heavy (non-hydrogen) atoms. The van der Waals surface area contributed by atoms with E-state index in [1.807, 2.05) is 31.2 Å². The molecule has 0 unspecified atom stereocenters. The molecule has 0 amide bonds. The number of nitrogens with one attached hydrogen (secondary N) is 2. The van der Waals surface area contributed by atoms with Gasteiger partial charge in [-0.3, -0.25) is 4.79 Å². The highest BCUT2D eigenvalue weighted by atomic mass is 35.5. The van der Waals surface area contributed by atoms with Crippen LogP contribution in [0.1, 0.15) is 24.4 Å². The van der Waals surface area contributed by atoms with Crippen molar-refractivity contribution in [1.82, 2.24) is 15.3 Å². The summed E-state index contributed by atoms with van der Waals surface area (Å²) < 4.78 is 0. The topological polar surface area (TPSA) is 57.8 Å². The number of aromatic amines is 1. The first-order valence-corrected chi connectivity index (χ1v) is 7.96. The Hall–Kier alpha value is -1.88. The number of benzene rings is 2. The fourth-order valence-electron chi connectivity index (χ4n) is 2.39. The van der Waals surface area contributed by atoms with E-state index in [0.29, 0.717) is 33.3 Å². The highest BCUT2D eigenvalue weighted by Gasteiger charge is 2.08. The molecule has 0 aliphatic rings. The maximum Gasteiger partial charge on any atom is 0.258 e. The largest absolute Gasteiger partial charge is 0.309 e. The first-order valence-electron chi connectivity index (χ1n) is 7.20. The van der Waals surface area contributed by atoms with Gasteiger partial charge in [-0.2, -0.15) is 0 Å². The second kappa shape index (κ2) is 6.71. The summed E-state index contributed by atoms with van der Waals surface area (Å²) >= 11 is 12.0. The van der Waals surface area contributed by atoms with Gasteiger partial charge in [-0.05, 0) is 42.8 Å². The molecule has 3 aromatic rings. The maximum absolute atomic E-state index is 12.1. The lowest BCUT2D eigenvalue weighted by Crippen LogP contribution is -2.22. The molecule has 6 heteroatoms. The van der Waals surface area contributed by atoms with Crippen LogP contribution in [0, 0.1) is 0 Å². The Morgan fingerprint density at radius 3 is 2.74 bits per heavy atom. The van der Waals surface area contributed by atoms with Crippen molar-refractivity contribution in [1.29, 1.82) is 0 Å². The second-order valence-electron chi connectivity index (χ2n) is 5.33. The lowest BCUT2D eigenvalue weighted by Gasteiger charge is -2.14. The molecule has 0 spiro atoms. The highest BCUT2D eigenvalue weighted by molar-refractivity contribution is 6.31. The standard InChI is InChI=1S/C17H15Cl2N3O/c1-10(11-3-2-4-12(18)7-11)20-9-16-21-15-8-13(19)5-6-14(15)17(23)22-16/h2-8,10,20H,9H2,1H3,(H,21,22,23)/t10-/m1/s1. The van der Waals surface area contributed by atoms with Crippen LogP contribution >= 0.6 is 23.2 Å². The number of fused-ring (bicyclic) bond motifs is 1. The van der Waals surface area contributed by atoms with Crippen LogP contribution in [-0.2, 0) is 6.54 Å². The Kier molecular flexibility index (Phi) is 4.66. The molecule has 0 saturated carbocycles. The molecule has 1 aromatic heterocycles. The SMILES string of the molecule is C[C@@H](NCc1nc2cc(Cl)ccc2c(=O)[nH]1)c1cccc(Cl)c1. The van der Waals surface area contributed by atoms with E-state index in [4.69, 9.17) is 23.2 Å². The Balaban J connectivity index is 1.80. The van der Waals surface area contributed by atoms with Crippen molar-refractivity contribution in [2.24, 2.45) is 0 Å². The third kappa shape index (κ3) is 3.72. The van der Waals surface area contributed by atoms with E-state index >= 15 is 0 Å². The summed E-state index contributed by atoms with van der Waals surface area (Å²) in [7, 11) is 0. The van der Waals surface area contributed by atoms with Crippen LogP contribution in [0.2, 0.25) is 10.0 Å². The third-order valence-corrected chi connectivity index (χ3v) is 4.11. The molecular weight excluding hydrogens is 333 g/mol. The molecule has 0 aliphatic heterocycles. The summed E-state index contributed by atoms with van der Waals surface area (Å²) in [6.45, 7) is 2.47. The summed E-state index contributed by atoms with van der Waals surface area (Å²) in [5, 5.41) is 5.11. The van der Waals surface area contributed by atoms with Gasteiger partial charge in [0, 0.05) is 16.1 Å². The zero-order chi connectivity index (χ0) is 16.4. The molecule has 0 bridgehead atoms. The molecule has 0 saturated heterocycles. The van der Waals surface area contributed by atoms with E-state index in [1.54, 1.807) is 18.2 Å². The monoisotopic (exact) mass is 347 g/mol. The normalized spacial score (nSPS) is 12.5. The van der Waals surface area contributed by atoms with Gasteiger partial charge in [0.25, 0.3) is 5.56 Å². The van der Waals surface area contributed by atoms with Gasteiger partial charge in [0.15, 0.2) is 0 Å². The number of rotatable bonds is 4. The smallest absolute Gasteiger partial charge is 0.258 e.